The van der Waals surface area contributed by atoms with Gasteiger partial charge < -0.3 is 0 Å². The summed E-state index contributed by atoms with van der Waals surface area (Å²) < 4.78 is 0. The Morgan fingerprint density at radius 1 is 0.783 bits per heavy atom. The zero-order chi connectivity index (χ0) is 16.0. The molecule has 5 rings (SSSR count). The summed E-state index contributed by atoms with van der Waals surface area (Å²) in [5, 5.41) is 20.5. The van der Waals surface area contributed by atoms with Gasteiger partial charge in [-0.05, 0) is 61.8 Å². The fraction of sp³-hybridized carbons (Fsp3) is 0.143. The molecule has 1 aliphatic carbocycles. The number of fused-ring (bicyclic) bond motifs is 4. The van der Waals surface area contributed by atoms with E-state index in [1.54, 1.807) is 5.56 Å². The van der Waals surface area contributed by atoms with E-state index < -0.39 is 0 Å². The molecule has 1 atom stereocenters. The third kappa shape index (κ3) is 1.96. The Kier molecular flexibility index (Phi) is 3.29. The van der Waals surface area contributed by atoms with Gasteiger partial charge >= 0.3 is 0 Å². The summed E-state index contributed by atoms with van der Waals surface area (Å²) in [6.45, 7) is 2.36. The molecule has 23 heavy (non-hydrogen) atoms. The summed E-state index contributed by atoms with van der Waals surface area (Å²) in [5.74, 6) is 0.620. The minimum absolute atomic E-state index is 0.620. The van der Waals surface area contributed by atoms with Crippen LogP contribution in [0.2, 0.25) is 0 Å². The standard InChI is InChI=1S/C21H16.H2O2/c1-13-11-15-6-4-7-16-12-19-17-8-3-2-5-14(17)9-10-18(19)20(13)21(15)16;1-2/h2-10,12-13H,11H2,1H3;1-2H. The Labute approximate surface area is 134 Å². The van der Waals surface area contributed by atoms with Crippen molar-refractivity contribution in [3.63, 3.8) is 0 Å². The van der Waals surface area contributed by atoms with Crippen LogP contribution in [-0.4, -0.2) is 10.5 Å². The highest BCUT2D eigenvalue weighted by atomic mass is 17.0. The molecule has 0 aliphatic heterocycles. The normalized spacial score (nSPS) is 15.9. The van der Waals surface area contributed by atoms with E-state index in [2.05, 4.69) is 67.6 Å². The first-order valence-electron chi connectivity index (χ1n) is 7.89. The van der Waals surface area contributed by atoms with Gasteiger partial charge in [-0.3, -0.25) is 10.5 Å². The SMILES string of the molecule is CC1Cc2cccc3cc4c(ccc5ccccc54)c1c23.OO. The summed E-state index contributed by atoms with van der Waals surface area (Å²) in [7, 11) is 0. The topological polar surface area (TPSA) is 40.5 Å². The van der Waals surface area contributed by atoms with E-state index in [1.807, 2.05) is 0 Å². The molecule has 1 unspecified atom stereocenters. The van der Waals surface area contributed by atoms with Crippen LogP contribution in [0.15, 0.2) is 60.7 Å². The van der Waals surface area contributed by atoms with Gasteiger partial charge in [-0.2, -0.15) is 0 Å². The Balaban J connectivity index is 0.000000652. The van der Waals surface area contributed by atoms with Crippen LogP contribution in [-0.2, 0) is 6.42 Å². The van der Waals surface area contributed by atoms with Gasteiger partial charge in [0.2, 0.25) is 0 Å². The average molecular weight is 302 g/mol. The van der Waals surface area contributed by atoms with Crippen molar-refractivity contribution in [2.45, 2.75) is 19.3 Å². The first-order chi connectivity index (χ1) is 11.3. The first kappa shape index (κ1) is 14.2. The van der Waals surface area contributed by atoms with Gasteiger partial charge in [-0.1, -0.05) is 61.5 Å². The molecule has 0 spiro atoms. The Bertz CT molecular complexity index is 1030. The second kappa shape index (κ2) is 5.34. The summed E-state index contributed by atoms with van der Waals surface area (Å²) in [4.78, 5) is 0. The maximum absolute atomic E-state index is 6.00. The molecular formula is C21H18O2. The molecule has 2 nitrogen and oxygen atoms in total. The maximum Gasteiger partial charge on any atom is -0.00961 e. The van der Waals surface area contributed by atoms with Crippen molar-refractivity contribution in [3.8, 4) is 0 Å². The zero-order valence-corrected chi connectivity index (χ0v) is 13.0. The molecule has 4 aromatic carbocycles. The minimum atomic E-state index is 0.620. The van der Waals surface area contributed by atoms with Crippen molar-refractivity contribution in [2.75, 3.05) is 0 Å². The van der Waals surface area contributed by atoms with E-state index in [4.69, 9.17) is 10.5 Å². The molecule has 0 aromatic heterocycles. The largest absolute Gasteiger partial charge is 0.255 e. The van der Waals surface area contributed by atoms with Gasteiger partial charge in [0.1, 0.15) is 0 Å². The molecule has 4 aromatic rings. The lowest BCUT2D eigenvalue weighted by atomic mass is 9.91. The number of benzene rings is 4. The van der Waals surface area contributed by atoms with Crippen LogP contribution in [0.4, 0.5) is 0 Å². The van der Waals surface area contributed by atoms with Gasteiger partial charge in [-0.25, -0.2) is 0 Å². The predicted molar refractivity (Wildman–Crippen MR) is 96.3 cm³/mol. The van der Waals surface area contributed by atoms with Crippen LogP contribution < -0.4 is 0 Å². The molecule has 1 aliphatic rings. The summed E-state index contributed by atoms with van der Waals surface area (Å²) >= 11 is 0. The smallest absolute Gasteiger partial charge is 0.00961 e. The fourth-order valence-electron chi connectivity index (χ4n) is 4.16. The highest BCUT2D eigenvalue weighted by Crippen LogP contribution is 2.44. The fourth-order valence-corrected chi connectivity index (χ4v) is 4.16. The van der Waals surface area contributed by atoms with Gasteiger partial charge in [0.15, 0.2) is 0 Å². The van der Waals surface area contributed by atoms with E-state index in [1.165, 1.54) is 44.3 Å². The third-order valence-electron chi connectivity index (χ3n) is 5.03. The molecule has 2 N–H and O–H groups in total. The second-order valence-electron chi connectivity index (χ2n) is 6.29. The molecular weight excluding hydrogens is 284 g/mol. The monoisotopic (exact) mass is 302 g/mol. The maximum atomic E-state index is 6.00. The van der Waals surface area contributed by atoms with Crippen LogP contribution in [0.3, 0.4) is 0 Å². The minimum Gasteiger partial charge on any atom is -0.255 e. The lowest BCUT2D eigenvalue weighted by Gasteiger charge is -2.12. The Hall–Kier alpha value is -2.42. The molecule has 0 radical (unpaired) electrons. The molecule has 0 fully saturated rings. The molecule has 114 valence electrons. The first-order valence-corrected chi connectivity index (χ1v) is 7.89. The second-order valence-corrected chi connectivity index (χ2v) is 6.29. The van der Waals surface area contributed by atoms with Crippen LogP contribution >= 0.6 is 0 Å². The molecule has 0 amide bonds. The third-order valence-corrected chi connectivity index (χ3v) is 5.03. The van der Waals surface area contributed by atoms with Crippen LogP contribution in [0, 0.1) is 0 Å². The number of hydrogen-bond acceptors (Lipinski definition) is 2. The number of hydrogen-bond donors (Lipinski definition) is 2. The van der Waals surface area contributed by atoms with Gasteiger partial charge in [0, 0.05) is 0 Å². The summed E-state index contributed by atoms with van der Waals surface area (Å²) in [5.41, 5.74) is 3.08. The van der Waals surface area contributed by atoms with Crippen molar-refractivity contribution in [2.24, 2.45) is 0 Å². The van der Waals surface area contributed by atoms with E-state index >= 15 is 0 Å². The number of rotatable bonds is 0. The van der Waals surface area contributed by atoms with Gasteiger partial charge in [0.05, 0.1) is 0 Å². The van der Waals surface area contributed by atoms with Gasteiger partial charge in [-0.15, -0.1) is 0 Å². The highest BCUT2D eigenvalue weighted by Gasteiger charge is 2.23. The lowest BCUT2D eigenvalue weighted by molar-refractivity contribution is -0.176. The quantitative estimate of drug-likeness (QED) is 0.186. The van der Waals surface area contributed by atoms with Gasteiger partial charge in [0.25, 0.3) is 0 Å². The Morgan fingerprint density at radius 3 is 2.43 bits per heavy atom. The Morgan fingerprint density at radius 2 is 1.57 bits per heavy atom. The molecule has 0 saturated carbocycles. The van der Waals surface area contributed by atoms with Crippen LogP contribution in [0.5, 0.6) is 0 Å². The van der Waals surface area contributed by atoms with E-state index in [-0.39, 0.29) is 0 Å². The molecule has 0 saturated heterocycles. The molecule has 2 heteroatoms. The van der Waals surface area contributed by atoms with Crippen molar-refractivity contribution in [1.29, 1.82) is 0 Å². The lowest BCUT2D eigenvalue weighted by Crippen LogP contribution is -1.91. The van der Waals surface area contributed by atoms with E-state index in [9.17, 15) is 0 Å². The van der Waals surface area contributed by atoms with Crippen LogP contribution in [0.1, 0.15) is 24.0 Å². The van der Waals surface area contributed by atoms with Crippen molar-refractivity contribution < 1.29 is 10.5 Å². The summed E-state index contributed by atoms with van der Waals surface area (Å²) in [6, 6.07) is 22.5. The molecule has 0 heterocycles. The van der Waals surface area contributed by atoms with Crippen molar-refractivity contribution in [3.05, 3.63) is 71.8 Å². The van der Waals surface area contributed by atoms with E-state index in [0.29, 0.717) is 5.92 Å². The predicted octanol–water partition coefficient (Wildman–Crippen LogP) is 5.82. The summed E-state index contributed by atoms with van der Waals surface area (Å²) in [6.07, 6.45) is 1.18. The van der Waals surface area contributed by atoms with Crippen molar-refractivity contribution in [1.82, 2.24) is 0 Å². The van der Waals surface area contributed by atoms with Crippen molar-refractivity contribution >= 4 is 32.3 Å². The highest BCUT2D eigenvalue weighted by molar-refractivity contribution is 6.15. The van der Waals surface area contributed by atoms with E-state index in [0.717, 1.165) is 0 Å². The molecule has 0 bridgehead atoms. The van der Waals surface area contributed by atoms with Crippen LogP contribution in [0.25, 0.3) is 32.3 Å². The average Bonchev–Trinajstić information content (AvgIpc) is 2.95. The zero-order valence-electron chi connectivity index (χ0n) is 13.0.